The van der Waals surface area contributed by atoms with Gasteiger partial charge in [0.15, 0.2) is 5.82 Å². The van der Waals surface area contributed by atoms with Crippen LogP contribution in [0, 0.1) is 0 Å². The first-order valence-electron chi connectivity index (χ1n) is 3.99. The Kier molecular flexibility index (Phi) is 3.23. The molecule has 0 bridgehead atoms. The van der Waals surface area contributed by atoms with Gasteiger partial charge in [0.05, 0.1) is 5.38 Å². The molecule has 2 N–H and O–H groups in total. The van der Waals surface area contributed by atoms with Crippen LogP contribution in [0.15, 0.2) is 5.38 Å². The van der Waals surface area contributed by atoms with E-state index in [0.29, 0.717) is 5.82 Å². The summed E-state index contributed by atoms with van der Waals surface area (Å²) in [6.07, 6.45) is -0.550. The molecule has 1 amide bonds. The van der Waals surface area contributed by atoms with Crippen LogP contribution in [0.25, 0.3) is 0 Å². The zero-order valence-corrected chi connectivity index (χ0v) is 9.01. The lowest BCUT2D eigenvalue weighted by molar-refractivity contribution is 0.0541. The van der Waals surface area contributed by atoms with E-state index in [1.165, 1.54) is 11.5 Å². The monoisotopic (exact) mass is 216 g/mol. The second kappa shape index (κ2) is 4.23. The topological polar surface area (TPSA) is 76.1 Å². The molecule has 0 saturated heterocycles. The molecule has 7 heteroatoms. The fourth-order valence-corrected chi connectivity index (χ4v) is 1.03. The fourth-order valence-electron chi connectivity index (χ4n) is 0.638. The van der Waals surface area contributed by atoms with E-state index in [4.69, 9.17) is 4.74 Å². The van der Waals surface area contributed by atoms with Crippen molar-refractivity contribution in [2.24, 2.45) is 0 Å². The van der Waals surface area contributed by atoms with Crippen LogP contribution in [-0.4, -0.2) is 21.3 Å². The van der Waals surface area contributed by atoms with E-state index in [-0.39, 0.29) is 0 Å². The van der Waals surface area contributed by atoms with Crippen molar-refractivity contribution in [1.29, 1.82) is 0 Å². The highest BCUT2D eigenvalue weighted by molar-refractivity contribution is 7.03. The second-order valence-electron chi connectivity index (χ2n) is 3.54. The Morgan fingerprint density at radius 2 is 2.29 bits per heavy atom. The summed E-state index contributed by atoms with van der Waals surface area (Å²) in [7, 11) is 0. The first-order valence-corrected chi connectivity index (χ1v) is 4.83. The van der Waals surface area contributed by atoms with Gasteiger partial charge in [-0.3, -0.25) is 5.43 Å². The van der Waals surface area contributed by atoms with Gasteiger partial charge in [-0.2, -0.15) is 0 Å². The molecule has 0 spiro atoms. The van der Waals surface area contributed by atoms with Crippen LogP contribution < -0.4 is 10.9 Å². The van der Waals surface area contributed by atoms with Gasteiger partial charge >= 0.3 is 6.09 Å². The number of hydrogen-bond donors (Lipinski definition) is 2. The molecule has 0 saturated carbocycles. The standard InChI is InChI=1S/C7H12N4O2S/c1-7(2,3)13-6(12)10-8-5-4-14-11-9-5/h4,8H,1-3H3,(H,10,12). The van der Waals surface area contributed by atoms with Gasteiger partial charge in [-0.15, -0.1) is 5.10 Å². The van der Waals surface area contributed by atoms with Gasteiger partial charge in [-0.25, -0.2) is 10.2 Å². The van der Waals surface area contributed by atoms with Crippen molar-refractivity contribution < 1.29 is 9.53 Å². The fraction of sp³-hybridized carbons (Fsp3) is 0.571. The highest BCUT2D eigenvalue weighted by Crippen LogP contribution is 2.06. The van der Waals surface area contributed by atoms with Crippen LogP contribution in [-0.2, 0) is 4.74 Å². The molecule has 0 aromatic carbocycles. The predicted molar refractivity (Wildman–Crippen MR) is 52.9 cm³/mol. The van der Waals surface area contributed by atoms with Gasteiger partial charge in [0.25, 0.3) is 0 Å². The minimum Gasteiger partial charge on any atom is -0.443 e. The number of amides is 1. The van der Waals surface area contributed by atoms with Crippen molar-refractivity contribution in [1.82, 2.24) is 15.0 Å². The molecule has 0 atom stereocenters. The molecule has 0 radical (unpaired) electrons. The molecular formula is C7H12N4O2S. The molecule has 0 fully saturated rings. The SMILES string of the molecule is CC(C)(C)OC(=O)NNc1csnn1. The van der Waals surface area contributed by atoms with Crippen LogP contribution in [0.3, 0.4) is 0 Å². The van der Waals surface area contributed by atoms with E-state index in [9.17, 15) is 4.79 Å². The van der Waals surface area contributed by atoms with Gasteiger partial charge < -0.3 is 4.74 Å². The molecule has 0 aliphatic rings. The van der Waals surface area contributed by atoms with Crippen molar-refractivity contribution in [2.45, 2.75) is 26.4 Å². The number of aromatic nitrogens is 2. The Morgan fingerprint density at radius 3 is 2.79 bits per heavy atom. The summed E-state index contributed by atoms with van der Waals surface area (Å²) in [6.45, 7) is 5.37. The first kappa shape index (κ1) is 10.7. The zero-order valence-electron chi connectivity index (χ0n) is 8.20. The molecular weight excluding hydrogens is 204 g/mol. The van der Waals surface area contributed by atoms with E-state index < -0.39 is 11.7 Å². The Morgan fingerprint density at radius 1 is 1.57 bits per heavy atom. The number of hydrogen-bond acceptors (Lipinski definition) is 6. The molecule has 1 rings (SSSR count). The lowest BCUT2D eigenvalue weighted by atomic mass is 10.2. The Bertz CT molecular complexity index is 293. The van der Waals surface area contributed by atoms with Gasteiger partial charge in [0, 0.05) is 0 Å². The average Bonchev–Trinajstić information content (AvgIpc) is 2.49. The molecule has 78 valence electrons. The first-order chi connectivity index (χ1) is 6.47. The van der Waals surface area contributed by atoms with Crippen molar-refractivity contribution in [3.8, 4) is 0 Å². The Balaban J connectivity index is 2.29. The van der Waals surface area contributed by atoms with Crippen LogP contribution >= 0.6 is 11.5 Å². The summed E-state index contributed by atoms with van der Waals surface area (Å²) < 4.78 is 8.59. The average molecular weight is 216 g/mol. The van der Waals surface area contributed by atoms with Gasteiger partial charge in [-0.05, 0) is 32.3 Å². The van der Waals surface area contributed by atoms with Gasteiger partial charge in [0.2, 0.25) is 0 Å². The molecule has 14 heavy (non-hydrogen) atoms. The maximum atomic E-state index is 11.1. The summed E-state index contributed by atoms with van der Waals surface area (Å²) in [4.78, 5) is 11.1. The number of rotatable bonds is 2. The minimum atomic E-state index is -0.550. The molecule has 0 unspecified atom stereocenters. The van der Waals surface area contributed by atoms with Crippen LogP contribution in [0.1, 0.15) is 20.8 Å². The largest absolute Gasteiger partial charge is 0.443 e. The summed E-state index contributed by atoms with van der Waals surface area (Å²) in [5.41, 5.74) is 4.39. The van der Waals surface area contributed by atoms with Crippen LogP contribution in [0.2, 0.25) is 0 Å². The molecule has 0 aliphatic carbocycles. The third kappa shape index (κ3) is 4.04. The van der Waals surface area contributed by atoms with E-state index in [1.807, 2.05) is 0 Å². The molecule has 0 aliphatic heterocycles. The number of nitrogens with zero attached hydrogens (tertiary/aromatic N) is 2. The van der Waals surface area contributed by atoms with Crippen molar-refractivity contribution >= 4 is 23.4 Å². The molecule has 1 aromatic heterocycles. The third-order valence-corrected chi connectivity index (χ3v) is 1.56. The second-order valence-corrected chi connectivity index (χ2v) is 4.15. The maximum absolute atomic E-state index is 11.1. The number of anilines is 1. The van der Waals surface area contributed by atoms with E-state index >= 15 is 0 Å². The Labute approximate surface area is 85.8 Å². The van der Waals surface area contributed by atoms with E-state index in [0.717, 1.165) is 0 Å². The number of hydrazine groups is 1. The lowest BCUT2D eigenvalue weighted by Gasteiger charge is -2.19. The van der Waals surface area contributed by atoms with Gasteiger partial charge in [-0.1, -0.05) is 4.49 Å². The summed E-state index contributed by atoms with van der Waals surface area (Å²) in [6, 6.07) is 0. The zero-order chi connectivity index (χ0) is 10.6. The third-order valence-electron chi connectivity index (χ3n) is 1.05. The highest BCUT2D eigenvalue weighted by Gasteiger charge is 2.15. The molecule has 1 aromatic rings. The summed E-state index contributed by atoms with van der Waals surface area (Å²) in [5.74, 6) is 0.487. The normalized spacial score (nSPS) is 10.8. The van der Waals surface area contributed by atoms with Crippen molar-refractivity contribution in [3.05, 3.63) is 5.38 Å². The quantitative estimate of drug-likeness (QED) is 0.730. The minimum absolute atomic E-state index is 0.487. The summed E-state index contributed by atoms with van der Waals surface area (Å²) >= 11 is 1.19. The number of nitrogens with one attached hydrogen (secondary N) is 2. The van der Waals surface area contributed by atoms with Crippen LogP contribution in [0.4, 0.5) is 10.6 Å². The summed E-state index contributed by atoms with van der Waals surface area (Å²) in [5, 5.41) is 5.34. The highest BCUT2D eigenvalue weighted by atomic mass is 32.1. The van der Waals surface area contributed by atoms with E-state index in [2.05, 4.69) is 20.4 Å². The number of ether oxygens (including phenoxy) is 1. The molecule has 1 heterocycles. The smallest absolute Gasteiger partial charge is 0.426 e. The molecule has 6 nitrogen and oxygen atoms in total. The predicted octanol–water partition coefficient (Wildman–Crippen LogP) is 1.39. The van der Waals surface area contributed by atoms with E-state index in [1.54, 1.807) is 26.2 Å². The van der Waals surface area contributed by atoms with Crippen molar-refractivity contribution in [3.63, 3.8) is 0 Å². The van der Waals surface area contributed by atoms with Crippen molar-refractivity contribution in [2.75, 3.05) is 5.43 Å². The lowest BCUT2D eigenvalue weighted by Crippen LogP contribution is -2.35. The van der Waals surface area contributed by atoms with Crippen LogP contribution in [0.5, 0.6) is 0 Å². The number of carbonyl (C=O) groups excluding carboxylic acids is 1. The number of carbonyl (C=O) groups is 1. The maximum Gasteiger partial charge on any atom is 0.426 e. The Hall–Kier alpha value is -1.37. The van der Waals surface area contributed by atoms with Gasteiger partial charge in [0.1, 0.15) is 5.60 Å².